The molecule has 0 atom stereocenters. The Morgan fingerprint density at radius 1 is 1.23 bits per heavy atom. The van der Waals surface area contributed by atoms with Crippen LogP contribution in [0.2, 0.25) is 0 Å². The number of aromatic nitrogens is 1. The van der Waals surface area contributed by atoms with Gasteiger partial charge in [0.2, 0.25) is 5.91 Å². The third-order valence-electron chi connectivity index (χ3n) is 6.43. The molecule has 156 valence electrons. The van der Waals surface area contributed by atoms with Gasteiger partial charge in [-0.05, 0) is 62.6 Å². The number of thiazole rings is 1. The van der Waals surface area contributed by atoms with Gasteiger partial charge in [0.25, 0.3) is 0 Å². The van der Waals surface area contributed by atoms with Crippen molar-refractivity contribution in [2.75, 3.05) is 5.32 Å². The molecule has 2 aromatic heterocycles. The molecule has 5 rings (SSSR count). The number of carbonyl (C=O) groups excluding carboxylic acids is 1. The predicted octanol–water partition coefficient (Wildman–Crippen LogP) is 4.77. The minimum atomic E-state index is -0.475. The van der Waals surface area contributed by atoms with Crippen LogP contribution in [0.3, 0.4) is 0 Å². The molecule has 1 aliphatic heterocycles. The number of hydrogen-bond acceptors (Lipinski definition) is 6. The van der Waals surface area contributed by atoms with Gasteiger partial charge in [-0.15, -0.1) is 11.3 Å². The molecule has 1 N–H and O–H groups in total. The molecule has 30 heavy (non-hydrogen) atoms. The molecular formula is C23H24N2O4S. The van der Waals surface area contributed by atoms with Crippen molar-refractivity contribution >= 4 is 33.3 Å². The predicted molar refractivity (Wildman–Crippen MR) is 116 cm³/mol. The quantitative estimate of drug-likeness (QED) is 0.613. The number of hydrogen-bond donors (Lipinski definition) is 1. The number of benzene rings is 1. The molecule has 1 fully saturated rings. The average Bonchev–Trinajstić information content (AvgIpc) is 3.23. The molecule has 0 radical (unpaired) electrons. The largest absolute Gasteiger partial charge is 0.487 e. The molecule has 1 amide bonds. The lowest BCUT2D eigenvalue weighted by atomic mass is 9.79. The average molecular weight is 425 g/mol. The maximum Gasteiger partial charge on any atom is 0.340 e. The summed E-state index contributed by atoms with van der Waals surface area (Å²) in [6.07, 6.45) is 9.48. The van der Waals surface area contributed by atoms with Crippen LogP contribution < -0.4 is 15.7 Å². The zero-order chi connectivity index (χ0) is 20.7. The topological polar surface area (TPSA) is 81.4 Å². The highest BCUT2D eigenvalue weighted by Crippen LogP contribution is 2.43. The molecule has 7 heteroatoms. The molecule has 0 unspecified atom stereocenters. The lowest BCUT2D eigenvalue weighted by Crippen LogP contribution is -2.41. The molecular weight excluding hydrogens is 400 g/mol. The standard InChI is InChI=1S/C23H24N2O4S/c1-14-16-11-15-5-8-23(6-3-2-4-7-23)29-18(15)13-19(16)28-21(27)17(14)12-20(26)25-22-24-9-10-30-22/h9-11,13H,2-8,12H2,1H3,(H,24,25,26). The Hall–Kier alpha value is -2.67. The van der Waals surface area contributed by atoms with Gasteiger partial charge < -0.3 is 14.5 Å². The third-order valence-corrected chi connectivity index (χ3v) is 7.11. The zero-order valence-corrected chi connectivity index (χ0v) is 17.8. The highest BCUT2D eigenvalue weighted by atomic mass is 32.1. The summed E-state index contributed by atoms with van der Waals surface area (Å²) in [5.41, 5.74) is 2.31. The lowest BCUT2D eigenvalue weighted by Gasteiger charge is -2.41. The van der Waals surface area contributed by atoms with Crippen LogP contribution >= 0.6 is 11.3 Å². The van der Waals surface area contributed by atoms with Gasteiger partial charge in [0.05, 0.1) is 12.0 Å². The van der Waals surface area contributed by atoms with Crippen LogP contribution in [-0.4, -0.2) is 16.5 Å². The number of carbonyl (C=O) groups is 1. The van der Waals surface area contributed by atoms with Gasteiger partial charge in [-0.25, -0.2) is 9.78 Å². The summed E-state index contributed by atoms with van der Waals surface area (Å²) in [5, 5.41) is 5.90. The second-order valence-corrected chi connectivity index (χ2v) is 9.25. The summed E-state index contributed by atoms with van der Waals surface area (Å²) in [4.78, 5) is 29.1. The van der Waals surface area contributed by atoms with Crippen molar-refractivity contribution in [3.05, 3.63) is 50.8 Å². The monoisotopic (exact) mass is 424 g/mol. The number of fused-ring (bicyclic) bond motifs is 2. The van der Waals surface area contributed by atoms with E-state index in [0.29, 0.717) is 16.3 Å². The van der Waals surface area contributed by atoms with Crippen LogP contribution in [0.15, 0.2) is 32.9 Å². The van der Waals surface area contributed by atoms with E-state index >= 15 is 0 Å². The van der Waals surface area contributed by atoms with Crippen molar-refractivity contribution in [1.29, 1.82) is 0 Å². The van der Waals surface area contributed by atoms with Crippen molar-refractivity contribution in [2.45, 2.75) is 63.9 Å². The van der Waals surface area contributed by atoms with Gasteiger partial charge in [0, 0.05) is 23.0 Å². The van der Waals surface area contributed by atoms with Crippen LogP contribution in [0, 0.1) is 6.92 Å². The summed E-state index contributed by atoms with van der Waals surface area (Å²) >= 11 is 1.34. The Balaban J connectivity index is 1.46. The fraction of sp³-hybridized carbons (Fsp3) is 0.435. The minimum Gasteiger partial charge on any atom is -0.487 e. The number of nitrogens with zero attached hydrogens (tertiary/aromatic N) is 1. The van der Waals surface area contributed by atoms with Gasteiger partial charge in [0.15, 0.2) is 5.13 Å². The smallest absolute Gasteiger partial charge is 0.340 e. The van der Waals surface area contributed by atoms with Crippen LogP contribution in [0.1, 0.15) is 55.2 Å². The van der Waals surface area contributed by atoms with Crippen molar-refractivity contribution < 1.29 is 13.9 Å². The first-order valence-corrected chi connectivity index (χ1v) is 11.4. The molecule has 3 aromatic rings. The summed E-state index contributed by atoms with van der Waals surface area (Å²) in [6.45, 7) is 1.88. The Kier molecular flexibility index (Phi) is 4.85. The van der Waals surface area contributed by atoms with Crippen molar-refractivity contribution in [3.63, 3.8) is 0 Å². The van der Waals surface area contributed by atoms with E-state index in [1.807, 2.05) is 13.0 Å². The number of rotatable bonds is 3. The molecule has 0 saturated heterocycles. The van der Waals surface area contributed by atoms with Crippen LogP contribution in [0.4, 0.5) is 5.13 Å². The Morgan fingerprint density at radius 2 is 2.07 bits per heavy atom. The van der Waals surface area contributed by atoms with E-state index in [2.05, 4.69) is 16.4 Å². The highest BCUT2D eigenvalue weighted by Gasteiger charge is 2.37. The summed E-state index contributed by atoms with van der Waals surface area (Å²) < 4.78 is 12.1. The maximum absolute atomic E-state index is 12.7. The number of nitrogens with one attached hydrogen (secondary N) is 1. The fourth-order valence-electron chi connectivity index (χ4n) is 4.76. The minimum absolute atomic E-state index is 0.0413. The third kappa shape index (κ3) is 3.51. The summed E-state index contributed by atoms with van der Waals surface area (Å²) in [5.74, 6) is 0.563. The molecule has 3 heterocycles. The van der Waals surface area contributed by atoms with Gasteiger partial charge in [-0.3, -0.25) is 4.79 Å². The first-order chi connectivity index (χ1) is 14.5. The number of aryl methyl sites for hydroxylation is 2. The van der Waals surface area contributed by atoms with E-state index in [1.54, 1.807) is 11.6 Å². The van der Waals surface area contributed by atoms with Gasteiger partial charge in [-0.2, -0.15) is 0 Å². The SMILES string of the molecule is Cc1c(CC(=O)Nc2nccs2)c(=O)oc2cc3c(cc12)CCC1(CCCCC1)O3. The number of ether oxygens (including phenoxy) is 1. The summed E-state index contributed by atoms with van der Waals surface area (Å²) in [6, 6.07) is 3.94. The van der Waals surface area contributed by atoms with Crippen LogP contribution in [-0.2, 0) is 17.6 Å². The molecule has 6 nitrogen and oxygen atoms in total. The first-order valence-electron chi connectivity index (χ1n) is 10.5. The van der Waals surface area contributed by atoms with E-state index in [-0.39, 0.29) is 17.9 Å². The number of amides is 1. The van der Waals surface area contributed by atoms with E-state index in [4.69, 9.17) is 9.15 Å². The second-order valence-electron chi connectivity index (χ2n) is 8.36. The molecule has 1 aromatic carbocycles. The lowest BCUT2D eigenvalue weighted by molar-refractivity contribution is -0.115. The molecule has 1 spiro atoms. The van der Waals surface area contributed by atoms with Crippen molar-refractivity contribution in [2.24, 2.45) is 0 Å². The Bertz CT molecular complexity index is 1160. The van der Waals surface area contributed by atoms with Gasteiger partial charge >= 0.3 is 5.63 Å². The van der Waals surface area contributed by atoms with E-state index in [1.165, 1.54) is 30.6 Å². The highest BCUT2D eigenvalue weighted by molar-refractivity contribution is 7.13. The molecule has 0 bridgehead atoms. The Morgan fingerprint density at radius 3 is 2.83 bits per heavy atom. The Labute approximate surface area is 178 Å². The van der Waals surface area contributed by atoms with E-state index in [0.717, 1.165) is 47.9 Å². The number of anilines is 1. The van der Waals surface area contributed by atoms with Crippen molar-refractivity contribution in [3.8, 4) is 5.75 Å². The zero-order valence-electron chi connectivity index (χ0n) is 17.0. The molecule has 1 aliphatic carbocycles. The second kappa shape index (κ2) is 7.54. The summed E-state index contributed by atoms with van der Waals surface area (Å²) in [7, 11) is 0. The maximum atomic E-state index is 12.7. The molecule has 2 aliphatic rings. The molecule has 1 saturated carbocycles. The first kappa shape index (κ1) is 19.3. The van der Waals surface area contributed by atoms with Crippen molar-refractivity contribution in [1.82, 2.24) is 4.98 Å². The van der Waals surface area contributed by atoms with Crippen LogP contribution in [0.25, 0.3) is 11.0 Å². The van der Waals surface area contributed by atoms with E-state index < -0.39 is 5.63 Å². The van der Waals surface area contributed by atoms with Gasteiger partial charge in [-0.1, -0.05) is 6.42 Å². The normalized spacial score (nSPS) is 17.5. The van der Waals surface area contributed by atoms with Crippen LogP contribution in [0.5, 0.6) is 5.75 Å². The van der Waals surface area contributed by atoms with Gasteiger partial charge in [0.1, 0.15) is 16.9 Å². The van der Waals surface area contributed by atoms with E-state index in [9.17, 15) is 9.59 Å². The fourth-order valence-corrected chi connectivity index (χ4v) is 5.30.